The van der Waals surface area contributed by atoms with Gasteiger partial charge in [0.25, 0.3) is 0 Å². The van der Waals surface area contributed by atoms with Crippen molar-refractivity contribution in [1.29, 1.82) is 0 Å². The Balaban J connectivity index is 2.03. The zero-order chi connectivity index (χ0) is 5.40. The third-order valence-electron chi connectivity index (χ3n) is 1.54. The number of hydrogen-bond acceptors (Lipinski definition) is 3. The number of hydrogen-bond donors (Lipinski definition) is 1. The summed E-state index contributed by atoms with van der Waals surface area (Å²) < 4.78 is 10.5. The van der Waals surface area contributed by atoms with Gasteiger partial charge in [-0.15, -0.1) is 0 Å². The van der Waals surface area contributed by atoms with Gasteiger partial charge in [0.1, 0.15) is 6.23 Å². The van der Waals surface area contributed by atoms with Gasteiger partial charge in [0.15, 0.2) is 0 Å². The van der Waals surface area contributed by atoms with Gasteiger partial charge in [-0.1, -0.05) is 0 Å². The lowest BCUT2D eigenvalue weighted by Gasteiger charge is -2.36. The van der Waals surface area contributed by atoms with Crippen molar-refractivity contribution >= 4 is 0 Å². The molecule has 0 aromatic carbocycles. The summed E-state index contributed by atoms with van der Waals surface area (Å²) in [4.78, 5) is 0. The molecule has 3 rings (SSSR count). The van der Waals surface area contributed by atoms with Gasteiger partial charge in [0, 0.05) is 6.54 Å². The van der Waals surface area contributed by atoms with Crippen molar-refractivity contribution in [2.75, 3.05) is 19.8 Å². The molecule has 8 heavy (non-hydrogen) atoms. The van der Waals surface area contributed by atoms with E-state index in [1.165, 1.54) is 0 Å². The van der Waals surface area contributed by atoms with E-state index < -0.39 is 0 Å². The predicted molar refractivity (Wildman–Crippen MR) is 27.5 cm³/mol. The Morgan fingerprint density at radius 1 is 1.25 bits per heavy atom. The highest BCUT2D eigenvalue weighted by atomic mass is 16.6. The van der Waals surface area contributed by atoms with E-state index in [4.69, 9.17) is 9.47 Å². The first-order chi connectivity index (χ1) is 3.95. The minimum Gasteiger partial charge on any atom is -0.370 e. The second-order valence-electron chi connectivity index (χ2n) is 2.19. The smallest absolute Gasteiger partial charge is 0.131 e. The first-order valence-corrected chi connectivity index (χ1v) is 2.92. The van der Waals surface area contributed by atoms with E-state index >= 15 is 0 Å². The molecule has 0 aromatic rings. The minimum atomic E-state index is 0.181. The Labute approximate surface area is 48.0 Å². The van der Waals surface area contributed by atoms with Gasteiger partial charge in [-0.3, -0.25) is 5.32 Å². The molecule has 3 nitrogen and oxygen atoms in total. The molecule has 3 fully saturated rings. The van der Waals surface area contributed by atoms with Gasteiger partial charge in [0.2, 0.25) is 0 Å². The summed E-state index contributed by atoms with van der Waals surface area (Å²) in [6.07, 6.45) is 0.500. The average molecular weight is 115 g/mol. The Kier molecular flexibility index (Phi) is 0.997. The molecule has 3 aliphatic heterocycles. The van der Waals surface area contributed by atoms with Gasteiger partial charge in [-0.25, -0.2) is 0 Å². The quantitative estimate of drug-likeness (QED) is 0.454. The maximum Gasteiger partial charge on any atom is 0.131 e. The van der Waals surface area contributed by atoms with Crippen molar-refractivity contribution in [2.45, 2.75) is 12.3 Å². The van der Waals surface area contributed by atoms with Crippen molar-refractivity contribution in [2.24, 2.45) is 0 Å². The normalized spacial score (nSPS) is 45.0. The van der Waals surface area contributed by atoms with Crippen LogP contribution in [0.25, 0.3) is 0 Å². The first-order valence-electron chi connectivity index (χ1n) is 2.92. The Morgan fingerprint density at radius 2 is 2.25 bits per heavy atom. The molecule has 3 aliphatic rings. The van der Waals surface area contributed by atoms with Crippen molar-refractivity contribution in [1.82, 2.24) is 5.32 Å². The molecule has 0 radical (unpaired) electrons. The monoisotopic (exact) mass is 115 g/mol. The molecule has 1 N–H and O–H groups in total. The van der Waals surface area contributed by atoms with E-state index in [2.05, 4.69) is 5.32 Å². The Bertz CT molecular complexity index is 65.4. The van der Waals surface area contributed by atoms with E-state index in [1.807, 2.05) is 0 Å². The molecule has 0 aliphatic carbocycles. The topological polar surface area (TPSA) is 30.5 Å². The van der Waals surface area contributed by atoms with E-state index in [0.717, 1.165) is 19.8 Å². The van der Waals surface area contributed by atoms with Crippen LogP contribution in [0.4, 0.5) is 0 Å². The number of morpholine rings is 1. The van der Waals surface area contributed by atoms with Crippen molar-refractivity contribution in [3.05, 3.63) is 0 Å². The highest BCUT2D eigenvalue weighted by Gasteiger charge is 2.27. The van der Waals surface area contributed by atoms with Crippen LogP contribution < -0.4 is 5.32 Å². The molecule has 46 valence electrons. The molecule has 3 heterocycles. The Hall–Kier alpha value is -0.120. The third kappa shape index (κ3) is 0.632. The van der Waals surface area contributed by atoms with Gasteiger partial charge in [0.05, 0.1) is 19.3 Å². The van der Waals surface area contributed by atoms with Gasteiger partial charge in [-0.2, -0.15) is 0 Å². The molecule has 2 unspecified atom stereocenters. The second kappa shape index (κ2) is 1.69. The average Bonchev–Trinajstić information content (AvgIpc) is 1.92. The van der Waals surface area contributed by atoms with Crippen LogP contribution >= 0.6 is 0 Å². The van der Waals surface area contributed by atoms with Crippen LogP contribution in [-0.4, -0.2) is 32.1 Å². The summed E-state index contributed by atoms with van der Waals surface area (Å²) in [6, 6.07) is 0. The SMILES string of the molecule is C1NC2COC1CO2. The molecule has 2 bridgehead atoms. The fourth-order valence-corrected chi connectivity index (χ4v) is 1.04. The maximum absolute atomic E-state index is 5.29. The van der Waals surface area contributed by atoms with Crippen LogP contribution in [0.1, 0.15) is 0 Å². The van der Waals surface area contributed by atoms with Crippen molar-refractivity contribution < 1.29 is 9.47 Å². The van der Waals surface area contributed by atoms with Crippen LogP contribution in [0, 0.1) is 0 Å². The summed E-state index contributed by atoms with van der Waals surface area (Å²) >= 11 is 0. The van der Waals surface area contributed by atoms with Gasteiger partial charge in [-0.05, 0) is 0 Å². The summed E-state index contributed by atoms with van der Waals surface area (Å²) in [5.41, 5.74) is 0. The summed E-state index contributed by atoms with van der Waals surface area (Å²) in [5.74, 6) is 0. The van der Waals surface area contributed by atoms with Crippen LogP contribution in [0.3, 0.4) is 0 Å². The van der Waals surface area contributed by atoms with Crippen molar-refractivity contribution in [3.8, 4) is 0 Å². The van der Waals surface area contributed by atoms with Crippen molar-refractivity contribution in [3.63, 3.8) is 0 Å². The van der Waals surface area contributed by atoms with E-state index in [1.54, 1.807) is 0 Å². The maximum atomic E-state index is 5.29. The number of nitrogens with one attached hydrogen (secondary N) is 1. The Morgan fingerprint density at radius 3 is 2.38 bits per heavy atom. The fourth-order valence-electron chi connectivity index (χ4n) is 1.04. The lowest BCUT2D eigenvalue weighted by Crippen LogP contribution is -2.55. The lowest BCUT2D eigenvalue weighted by molar-refractivity contribution is -0.178. The molecule has 3 saturated heterocycles. The predicted octanol–water partition coefficient (Wildman–Crippen LogP) is -0.669. The van der Waals surface area contributed by atoms with Crippen LogP contribution in [0.5, 0.6) is 0 Å². The lowest BCUT2D eigenvalue weighted by atomic mass is 10.3. The third-order valence-corrected chi connectivity index (χ3v) is 1.54. The first kappa shape index (κ1) is 4.73. The number of rotatable bonds is 0. The number of fused-ring (bicyclic) bond motifs is 3. The highest BCUT2D eigenvalue weighted by molar-refractivity contribution is 4.75. The minimum absolute atomic E-state index is 0.181. The standard InChI is InChI=1S/C5H9NO2/c1-4-2-8-5(6-1)3-7-4/h4-6H,1-3H2. The molecule has 2 atom stereocenters. The molecular weight excluding hydrogens is 106 g/mol. The van der Waals surface area contributed by atoms with E-state index in [0.29, 0.717) is 6.10 Å². The summed E-state index contributed by atoms with van der Waals surface area (Å²) in [7, 11) is 0. The second-order valence-corrected chi connectivity index (χ2v) is 2.19. The summed E-state index contributed by atoms with van der Waals surface area (Å²) in [5, 5.41) is 3.17. The molecule has 0 saturated carbocycles. The van der Waals surface area contributed by atoms with Crippen LogP contribution in [0.15, 0.2) is 0 Å². The van der Waals surface area contributed by atoms with Crippen LogP contribution in [0.2, 0.25) is 0 Å². The van der Waals surface area contributed by atoms with E-state index in [9.17, 15) is 0 Å². The molecule has 0 spiro atoms. The summed E-state index contributed by atoms with van der Waals surface area (Å²) in [6.45, 7) is 2.47. The molecule has 0 amide bonds. The highest BCUT2D eigenvalue weighted by Crippen LogP contribution is 2.09. The fraction of sp³-hybridized carbons (Fsp3) is 1.00. The van der Waals surface area contributed by atoms with E-state index in [-0.39, 0.29) is 6.23 Å². The molecule has 0 aromatic heterocycles. The van der Waals surface area contributed by atoms with Gasteiger partial charge < -0.3 is 9.47 Å². The number of ether oxygens (including phenoxy) is 2. The largest absolute Gasteiger partial charge is 0.370 e. The molecular formula is C5H9NO2. The molecule has 3 heteroatoms. The zero-order valence-corrected chi connectivity index (χ0v) is 4.59. The zero-order valence-electron chi connectivity index (χ0n) is 4.59. The van der Waals surface area contributed by atoms with Gasteiger partial charge >= 0.3 is 0 Å². The van der Waals surface area contributed by atoms with Crippen LogP contribution in [-0.2, 0) is 9.47 Å².